The lowest BCUT2D eigenvalue weighted by Gasteiger charge is -2.36. The molecule has 252 valence electrons. The maximum absolute atomic E-state index is 12.7. The Morgan fingerprint density at radius 2 is 1.51 bits per heavy atom. The van der Waals surface area contributed by atoms with Gasteiger partial charge in [0.05, 0.1) is 23.7 Å². The van der Waals surface area contributed by atoms with Crippen molar-refractivity contribution in [2.45, 2.75) is 54.8 Å². The molecule has 0 spiro atoms. The number of nitrogens with one attached hydrogen (secondary N) is 2. The summed E-state index contributed by atoms with van der Waals surface area (Å²) in [4.78, 5) is 12.7. The standard InChI is InChI=1S/C39H38N2O6S2/c1-27(43)41-34-18-20-36(21-19-34)48-26-35-23-38(31-12-10-28(25-42)11-13-31)47-39(46-35)32-16-14-30(15-17-32)33-7-5-6-29(22-33)24-40-49(44,45)37-8-3-2-4-9-37/h2-22,35,38-40,42H,23-26H2,1H3,(H,41,43)/t35-,38+,39+/m0/s1. The molecule has 0 aromatic heterocycles. The van der Waals surface area contributed by atoms with E-state index < -0.39 is 16.3 Å². The molecule has 0 radical (unpaired) electrons. The summed E-state index contributed by atoms with van der Waals surface area (Å²) in [6.07, 6.45) is -0.213. The molecule has 8 nitrogen and oxygen atoms in total. The minimum absolute atomic E-state index is 0.0178. The summed E-state index contributed by atoms with van der Waals surface area (Å²) in [7, 11) is -3.62. The zero-order valence-corrected chi connectivity index (χ0v) is 28.6. The molecule has 49 heavy (non-hydrogen) atoms. The van der Waals surface area contributed by atoms with Crippen molar-refractivity contribution in [2.75, 3.05) is 11.1 Å². The van der Waals surface area contributed by atoms with E-state index in [2.05, 4.69) is 10.0 Å². The summed E-state index contributed by atoms with van der Waals surface area (Å²) in [5.41, 5.74) is 6.31. The van der Waals surface area contributed by atoms with E-state index >= 15 is 0 Å². The van der Waals surface area contributed by atoms with Gasteiger partial charge in [-0.15, -0.1) is 11.8 Å². The lowest BCUT2D eigenvalue weighted by atomic mass is 9.99. The monoisotopic (exact) mass is 694 g/mol. The number of rotatable bonds is 12. The second-order valence-corrected chi connectivity index (χ2v) is 14.7. The third-order valence-corrected chi connectivity index (χ3v) is 10.7. The Labute approximate surface area is 291 Å². The summed E-state index contributed by atoms with van der Waals surface area (Å²) < 4.78 is 41.2. The molecule has 0 bridgehead atoms. The van der Waals surface area contributed by atoms with Crippen molar-refractivity contribution < 1.29 is 27.8 Å². The van der Waals surface area contributed by atoms with Gasteiger partial charge in [0.1, 0.15) is 0 Å². The Morgan fingerprint density at radius 3 is 2.20 bits per heavy atom. The third-order valence-electron chi connectivity index (χ3n) is 8.19. The minimum Gasteiger partial charge on any atom is -0.392 e. The molecule has 10 heteroatoms. The first-order valence-electron chi connectivity index (χ1n) is 16.0. The Balaban J connectivity index is 1.15. The zero-order valence-electron chi connectivity index (χ0n) is 27.0. The molecular formula is C39H38N2O6S2. The second-order valence-electron chi connectivity index (χ2n) is 11.8. The van der Waals surface area contributed by atoms with E-state index in [9.17, 15) is 18.3 Å². The van der Waals surface area contributed by atoms with E-state index in [4.69, 9.17) is 9.47 Å². The fourth-order valence-corrected chi connectivity index (χ4v) is 7.56. The van der Waals surface area contributed by atoms with Gasteiger partial charge in [-0.2, -0.15) is 0 Å². The number of ether oxygens (including phenoxy) is 2. The van der Waals surface area contributed by atoms with Gasteiger partial charge in [0.2, 0.25) is 15.9 Å². The number of amides is 1. The van der Waals surface area contributed by atoms with Crippen LogP contribution in [0.15, 0.2) is 137 Å². The van der Waals surface area contributed by atoms with E-state index in [1.54, 1.807) is 42.1 Å². The molecule has 1 aliphatic rings. The van der Waals surface area contributed by atoms with Crippen molar-refractivity contribution in [1.29, 1.82) is 0 Å². The average molecular weight is 695 g/mol. The number of benzene rings is 5. The van der Waals surface area contributed by atoms with Crippen molar-refractivity contribution in [3.05, 3.63) is 150 Å². The maximum atomic E-state index is 12.7. The number of aliphatic hydroxyl groups is 1. The first-order valence-corrected chi connectivity index (χ1v) is 18.5. The summed E-state index contributed by atoms with van der Waals surface area (Å²) >= 11 is 1.69. The number of sulfonamides is 1. The number of thioether (sulfide) groups is 1. The molecule has 5 aromatic carbocycles. The SMILES string of the molecule is CC(=O)Nc1ccc(SC[C@@H]2C[C@H](c3ccc(CO)cc3)O[C@H](c3ccc(-c4cccc(CNS(=O)(=O)c5ccccc5)c4)cc3)O2)cc1. The van der Waals surface area contributed by atoms with Crippen LogP contribution in [0.25, 0.3) is 11.1 Å². The molecule has 1 fully saturated rings. The quantitative estimate of drug-likeness (QED) is 0.115. The predicted octanol–water partition coefficient (Wildman–Crippen LogP) is 7.62. The van der Waals surface area contributed by atoms with Gasteiger partial charge in [-0.3, -0.25) is 4.79 Å². The van der Waals surface area contributed by atoms with Gasteiger partial charge in [-0.25, -0.2) is 13.1 Å². The van der Waals surface area contributed by atoms with Crippen LogP contribution in [0.2, 0.25) is 0 Å². The Bertz CT molecular complexity index is 1950. The summed E-state index contributed by atoms with van der Waals surface area (Å²) in [5, 5.41) is 12.3. The first-order chi connectivity index (χ1) is 23.8. The minimum atomic E-state index is -3.62. The van der Waals surface area contributed by atoms with Gasteiger partial charge in [0.15, 0.2) is 6.29 Å². The Hall–Kier alpha value is -4.29. The van der Waals surface area contributed by atoms with Gasteiger partial charge < -0.3 is 19.9 Å². The molecule has 0 unspecified atom stereocenters. The van der Waals surface area contributed by atoms with Crippen molar-refractivity contribution in [3.63, 3.8) is 0 Å². The first kappa shape index (κ1) is 34.6. The van der Waals surface area contributed by atoms with E-state index in [0.29, 0.717) is 12.2 Å². The summed E-state index contributed by atoms with van der Waals surface area (Å²) in [5.74, 6) is 0.606. The van der Waals surface area contributed by atoms with Crippen LogP contribution < -0.4 is 10.0 Å². The van der Waals surface area contributed by atoms with Crippen LogP contribution in [0.4, 0.5) is 5.69 Å². The van der Waals surface area contributed by atoms with E-state index in [1.165, 1.54) is 6.92 Å². The van der Waals surface area contributed by atoms with Crippen LogP contribution in [0.1, 0.15) is 48.0 Å². The molecule has 0 saturated carbocycles. The topological polar surface area (TPSA) is 114 Å². The van der Waals surface area contributed by atoms with Gasteiger partial charge >= 0.3 is 0 Å². The molecular weight excluding hydrogens is 657 g/mol. The van der Waals surface area contributed by atoms with Gasteiger partial charge in [-0.05, 0) is 70.3 Å². The molecule has 6 rings (SSSR count). The fraction of sp³-hybridized carbons (Fsp3) is 0.205. The van der Waals surface area contributed by atoms with Crippen molar-refractivity contribution in [3.8, 4) is 11.1 Å². The molecule has 1 heterocycles. The maximum Gasteiger partial charge on any atom is 0.240 e. The molecule has 3 N–H and O–H groups in total. The average Bonchev–Trinajstić information content (AvgIpc) is 3.14. The summed E-state index contributed by atoms with van der Waals surface area (Å²) in [6, 6.07) is 39.8. The highest BCUT2D eigenvalue weighted by Crippen LogP contribution is 2.40. The number of carbonyl (C=O) groups is 1. The van der Waals surface area contributed by atoms with Gasteiger partial charge in [0, 0.05) is 41.8 Å². The third kappa shape index (κ3) is 9.24. The zero-order chi connectivity index (χ0) is 34.2. The second kappa shape index (κ2) is 15.9. The summed E-state index contributed by atoms with van der Waals surface area (Å²) in [6.45, 7) is 1.64. The normalized spacial score (nSPS) is 17.8. The molecule has 1 saturated heterocycles. The number of aliphatic hydroxyl groups excluding tert-OH is 1. The van der Waals surface area contributed by atoms with Crippen LogP contribution in [0.5, 0.6) is 0 Å². The number of anilines is 1. The molecule has 5 aromatic rings. The van der Waals surface area contributed by atoms with E-state index in [1.807, 2.05) is 97.1 Å². The van der Waals surface area contributed by atoms with E-state index in [0.717, 1.165) is 44.0 Å². The van der Waals surface area contributed by atoms with Crippen LogP contribution in [0, 0.1) is 0 Å². The number of hydrogen-bond acceptors (Lipinski definition) is 7. The van der Waals surface area contributed by atoms with Crippen molar-refractivity contribution >= 4 is 33.4 Å². The van der Waals surface area contributed by atoms with Crippen LogP contribution in [-0.4, -0.2) is 31.3 Å². The molecule has 1 amide bonds. The van der Waals surface area contributed by atoms with Gasteiger partial charge in [-0.1, -0.05) is 84.9 Å². The Morgan fingerprint density at radius 1 is 0.796 bits per heavy atom. The van der Waals surface area contributed by atoms with Crippen LogP contribution >= 0.6 is 11.8 Å². The number of carbonyl (C=O) groups excluding carboxylic acids is 1. The van der Waals surface area contributed by atoms with Crippen LogP contribution in [-0.2, 0) is 37.4 Å². The van der Waals surface area contributed by atoms with E-state index in [-0.39, 0.29) is 36.2 Å². The van der Waals surface area contributed by atoms with Gasteiger partial charge in [0.25, 0.3) is 0 Å². The smallest absolute Gasteiger partial charge is 0.240 e. The fourth-order valence-electron chi connectivity index (χ4n) is 5.60. The lowest BCUT2D eigenvalue weighted by Crippen LogP contribution is -2.31. The molecule has 1 aliphatic heterocycles. The predicted molar refractivity (Wildman–Crippen MR) is 192 cm³/mol. The van der Waals surface area contributed by atoms with Crippen molar-refractivity contribution in [2.24, 2.45) is 0 Å². The molecule has 3 atom stereocenters. The highest BCUT2D eigenvalue weighted by Gasteiger charge is 2.32. The Kier molecular flexibility index (Phi) is 11.3. The lowest BCUT2D eigenvalue weighted by molar-refractivity contribution is -0.245. The highest BCUT2D eigenvalue weighted by atomic mass is 32.2. The van der Waals surface area contributed by atoms with Crippen molar-refractivity contribution in [1.82, 2.24) is 4.72 Å². The highest BCUT2D eigenvalue weighted by molar-refractivity contribution is 7.99. The largest absolute Gasteiger partial charge is 0.392 e. The van der Waals surface area contributed by atoms with Crippen LogP contribution in [0.3, 0.4) is 0 Å². The number of hydrogen-bond donors (Lipinski definition) is 3. The molecule has 0 aliphatic carbocycles.